The molecule has 0 spiro atoms. The van der Waals surface area contributed by atoms with Gasteiger partial charge in [-0.3, -0.25) is 0 Å². The Balaban J connectivity index is 2.28. The molecule has 2 atom stereocenters. The number of thiocarbonyl (C=S) groups is 1. The summed E-state index contributed by atoms with van der Waals surface area (Å²) in [6.07, 6.45) is -3.64. The molecule has 110 valence electrons. The van der Waals surface area contributed by atoms with E-state index in [1.54, 1.807) is 0 Å². The summed E-state index contributed by atoms with van der Waals surface area (Å²) in [5.74, 6) is 0. The van der Waals surface area contributed by atoms with E-state index in [0.29, 0.717) is 12.3 Å². The van der Waals surface area contributed by atoms with Gasteiger partial charge in [0, 0.05) is 17.9 Å². The van der Waals surface area contributed by atoms with Crippen LogP contribution in [0.4, 0.5) is 18.9 Å². The molecule has 2 rings (SSSR count). The van der Waals surface area contributed by atoms with E-state index in [9.17, 15) is 13.2 Å². The van der Waals surface area contributed by atoms with Gasteiger partial charge in [-0.05, 0) is 31.5 Å². The van der Waals surface area contributed by atoms with Crippen molar-refractivity contribution >= 4 is 22.9 Å². The summed E-state index contributed by atoms with van der Waals surface area (Å²) in [7, 11) is 0. The molecule has 0 bridgehead atoms. The molecule has 0 saturated carbocycles. The molecule has 0 aliphatic carbocycles. The predicted molar refractivity (Wildman–Crippen MR) is 74.8 cm³/mol. The van der Waals surface area contributed by atoms with Crippen molar-refractivity contribution in [1.29, 1.82) is 0 Å². The van der Waals surface area contributed by atoms with Crippen LogP contribution in [-0.4, -0.2) is 23.7 Å². The lowest BCUT2D eigenvalue weighted by Gasteiger charge is -2.19. The van der Waals surface area contributed by atoms with Crippen LogP contribution in [0, 0.1) is 0 Å². The van der Waals surface area contributed by atoms with Gasteiger partial charge in [-0.2, -0.15) is 13.2 Å². The van der Waals surface area contributed by atoms with Gasteiger partial charge in [-0.1, -0.05) is 12.2 Å². The van der Waals surface area contributed by atoms with Crippen LogP contribution in [0.15, 0.2) is 18.2 Å². The van der Waals surface area contributed by atoms with E-state index >= 15 is 0 Å². The topological polar surface area (TPSA) is 47.3 Å². The molecule has 0 amide bonds. The monoisotopic (exact) mass is 304 g/mol. The van der Waals surface area contributed by atoms with E-state index in [4.69, 9.17) is 22.7 Å². The first-order chi connectivity index (χ1) is 9.29. The van der Waals surface area contributed by atoms with Crippen molar-refractivity contribution in [1.82, 2.24) is 0 Å². The van der Waals surface area contributed by atoms with E-state index in [1.807, 2.05) is 6.92 Å². The number of rotatable bonds is 3. The van der Waals surface area contributed by atoms with Crippen LogP contribution in [-0.2, 0) is 10.9 Å². The minimum absolute atomic E-state index is 0.0190. The van der Waals surface area contributed by atoms with Crippen molar-refractivity contribution in [3.63, 3.8) is 0 Å². The van der Waals surface area contributed by atoms with Crippen LogP contribution in [0.2, 0.25) is 0 Å². The zero-order chi connectivity index (χ0) is 14.9. The number of ether oxygens (including phenoxy) is 1. The SMILES string of the molecule is CC1OCCC1Nc1ccc(C(F)(F)F)c(C(N)=S)c1. The largest absolute Gasteiger partial charge is 0.417 e. The van der Waals surface area contributed by atoms with E-state index in [0.717, 1.165) is 12.5 Å². The summed E-state index contributed by atoms with van der Waals surface area (Å²) in [5, 5.41) is 3.16. The molecule has 3 nitrogen and oxygen atoms in total. The molecule has 0 aromatic heterocycles. The van der Waals surface area contributed by atoms with E-state index in [-0.39, 0.29) is 22.7 Å². The maximum absolute atomic E-state index is 12.9. The van der Waals surface area contributed by atoms with Crippen LogP contribution >= 0.6 is 12.2 Å². The molecule has 2 unspecified atom stereocenters. The Hall–Kier alpha value is -1.34. The molecule has 1 saturated heterocycles. The van der Waals surface area contributed by atoms with Crippen LogP contribution in [0.25, 0.3) is 0 Å². The van der Waals surface area contributed by atoms with Crippen molar-refractivity contribution in [2.24, 2.45) is 5.73 Å². The Labute approximate surface area is 120 Å². The average Bonchev–Trinajstić information content (AvgIpc) is 2.73. The number of alkyl halides is 3. The third-order valence-electron chi connectivity index (χ3n) is 3.32. The Morgan fingerprint density at radius 2 is 2.15 bits per heavy atom. The van der Waals surface area contributed by atoms with Gasteiger partial charge in [0.1, 0.15) is 4.99 Å². The van der Waals surface area contributed by atoms with Crippen molar-refractivity contribution in [2.75, 3.05) is 11.9 Å². The van der Waals surface area contributed by atoms with E-state index < -0.39 is 11.7 Å². The second-order valence-electron chi connectivity index (χ2n) is 4.74. The number of halogens is 3. The predicted octanol–water partition coefficient (Wildman–Crippen LogP) is 2.93. The highest BCUT2D eigenvalue weighted by molar-refractivity contribution is 7.80. The Kier molecular flexibility index (Phi) is 4.19. The second-order valence-corrected chi connectivity index (χ2v) is 5.18. The summed E-state index contributed by atoms with van der Waals surface area (Å²) in [6, 6.07) is 3.80. The van der Waals surface area contributed by atoms with Crippen molar-refractivity contribution < 1.29 is 17.9 Å². The number of hydrogen-bond acceptors (Lipinski definition) is 3. The van der Waals surface area contributed by atoms with Gasteiger partial charge in [0.05, 0.1) is 17.7 Å². The molecular weight excluding hydrogens is 289 g/mol. The van der Waals surface area contributed by atoms with Crippen LogP contribution in [0.5, 0.6) is 0 Å². The molecule has 20 heavy (non-hydrogen) atoms. The zero-order valence-electron chi connectivity index (χ0n) is 10.8. The summed E-state index contributed by atoms with van der Waals surface area (Å²) in [5.41, 5.74) is 4.98. The standard InChI is InChI=1S/C13H15F3N2OS/c1-7-11(4-5-19-7)18-8-2-3-10(13(14,15)16)9(6-8)12(17)20/h2-3,6-7,11,18H,4-5H2,1H3,(H2,17,20). The minimum Gasteiger partial charge on any atom is -0.389 e. The third-order valence-corrected chi connectivity index (χ3v) is 3.54. The van der Waals surface area contributed by atoms with Crippen LogP contribution in [0.3, 0.4) is 0 Å². The lowest BCUT2D eigenvalue weighted by atomic mass is 10.0. The fourth-order valence-electron chi connectivity index (χ4n) is 2.22. The normalized spacial score (nSPS) is 22.8. The molecule has 7 heteroatoms. The zero-order valence-corrected chi connectivity index (χ0v) is 11.6. The molecule has 1 aromatic carbocycles. The molecule has 3 N–H and O–H groups in total. The Morgan fingerprint density at radius 3 is 2.65 bits per heavy atom. The first kappa shape index (κ1) is 15.1. The summed E-state index contributed by atoms with van der Waals surface area (Å²) < 4.78 is 44.0. The fraction of sp³-hybridized carbons (Fsp3) is 0.462. The van der Waals surface area contributed by atoms with Gasteiger partial charge in [0.2, 0.25) is 0 Å². The van der Waals surface area contributed by atoms with E-state index in [2.05, 4.69) is 5.32 Å². The van der Waals surface area contributed by atoms with Crippen molar-refractivity contribution in [2.45, 2.75) is 31.7 Å². The molecule has 1 aliphatic rings. The number of nitrogens with two attached hydrogens (primary N) is 1. The number of anilines is 1. The lowest BCUT2D eigenvalue weighted by Crippen LogP contribution is -2.27. The summed E-state index contributed by atoms with van der Waals surface area (Å²) >= 11 is 4.71. The Morgan fingerprint density at radius 1 is 1.45 bits per heavy atom. The lowest BCUT2D eigenvalue weighted by molar-refractivity contribution is -0.137. The van der Waals surface area contributed by atoms with Gasteiger partial charge < -0.3 is 15.8 Å². The number of hydrogen-bond donors (Lipinski definition) is 2. The van der Waals surface area contributed by atoms with Gasteiger partial charge in [-0.25, -0.2) is 0 Å². The summed E-state index contributed by atoms with van der Waals surface area (Å²) in [4.78, 5) is -0.267. The first-order valence-corrected chi connectivity index (χ1v) is 6.59. The highest BCUT2D eigenvalue weighted by atomic mass is 32.1. The first-order valence-electron chi connectivity index (χ1n) is 6.18. The van der Waals surface area contributed by atoms with Crippen LogP contribution in [0.1, 0.15) is 24.5 Å². The molecule has 1 aromatic rings. The average molecular weight is 304 g/mol. The second kappa shape index (κ2) is 5.57. The quantitative estimate of drug-likeness (QED) is 0.843. The smallest absolute Gasteiger partial charge is 0.389 e. The maximum Gasteiger partial charge on any atom is 0.417 e. The summed E-state index contributed by atoms with van der Waals surface area (Å²) in [6.45, 7) is 2.56. The number of benzene rings is 1. The minimum atomic E-state index is -4.47. The number of nitrogens with one attached hydrogen (secondary N) is 1. The highest BCUT2D eigenvalue weighted by Crippen LogP contribution is 2.33. The third kappa shape index (κ3) is 3.21. The fourth-order valence-corrected chi connectivity index (χ4v) is 2.39. The van der Waals surface area contributed by atoms with Crippen molar-refractivity contribution in [3.8, 4) is 0 Å². The molecule has 0 radical (unpaired) electrons. The van der Waals surface area contributed by atoms with Gasteiger partial charge in [-0.15, -0.1) is 0 Å². The maximum atomic E-state index is 12.9. The van der Waals surface area contributed by atoms with Crippen molar-refractivity contribution in [3.05, 3.63) is 29.3 Å². The van der Waals surface area contributed by atoms with Gasteiger partial charge in [0.25, 0.3) is 0 Å². The Bertz CT molecular complexity index is 519. The molecule has 1 aliphatic heterocycles. The van der Waals surface area contributed by atoms with Crippen LogP contribution < -0.4 is 11.1 Å². The van der Waals surface area contributed by atoms with Gasteiger partial charge >= 0.3 is 6.18 Å². The molecule has 1 heterocycles. The molecular formula is C13H15F3N2OS. The van der Waals surface area contributed by atoms with Gasteiger partial charge in [0.15, 0.2) is 0 Å². The van der Waals surface area contributed by atoms with E-state index in [1.165, 1.54) is 12.1 Å². The highest BCUT2D eigenvalue weighted by Gasteiger charge is 2.34. The molecule has 1 fully saturated rings.